The van der Waals surface area contributed by atoms with E-state index < -0.39 is 0 Å². The van der Waals surface area contributed by atoms with Gasteiger partial charge in [0.05, 0.1) is 6.04 Å². The van der Waals surface area contributed by atoms with Crippen LogP contribution < -0.4 is 5.32 Å². The van der Waals surface area contributed by atoms with Crippen LogP contribution in [0, 0.1) is 5.92 Å². The van der Waals surface area contributed by atoms with Crippen LogP contribution in [0.5, 0.6) is 0 Å². The quantitative estimate of drug-likeness (QED) is 0.810. The molecule has 1 N–H and O–H groups in total. The molecular formula is C14H26N2S. The highest BCUT2D eigenvalue weighted by molar-refractivity contribution is 8.14. The van der Waals surface area contributed by atoms with E-state index in [4.69, 9.17) is 4.99 Å². The van der Waals surface area contributed by atoms with Gasteiger partial charge in [0, 0.05) is 11.3 Å². The van der Waals surface area contributed by atoms with E-state index in [1.54, 1.807) is 0 Å². The summed E-state index contributed by atoms with van der Waals surface area (Å²) in [4.78, 5) is 4.74. The molecule has 0 amide bonds. The van der Waals surface area contributed by atoms with Crippen molar-refractivity contribution in [3.05, 3.63) is 0 Å². The van der Waals surface area contributed by atoms with E-state index in [0.717, 1.165) is 5.92 Å². The van der Waals surface area contributed by atoms with Crippen molar-refractivity contribution in [3.8, 4) is 0 Å². The summed E-state index contributed by atoms with van der Waals surface area (Å²) in [5.41, 5.74) is 0. The highest BCUT2D eigenvalue weighted by Crippen LogP contribution is 2.28. The second-order valence-electron chi connectivity index (χ2n) is 5.78. The lowest BCUT2D eigenvalue weighted by Gasteiger charge is -2.31. The zero-order chi connectivity index (χ0) is 12.3. The normalized spacial score (nSPS) is 33.0. The van der Waals surface area contributed by atoms with Gasteiger partial charge in [0.25, 0.3) is 0 Å². The molecule has 2 aliphatic rings. The summed E-state index contributed by atoms with van der Waals surface area (Å²) in [5.74, 6) is 0.861. The van der Waals surface area contributed by atoms with Gasteiger partial charge in [0.15, 0.2) is 5.17 Å². The molecule has 2 nitrogen and oxygen atoms in total. The van der Waals surface area contributed by atoms with Crippen LogP contribution in [0.1, 0.15) is 59.3 Å². The molecule has 1 aliphatic heterocycles. The van der Waals surface area contributed by atoms with Crippen LogP contribution >= 0.6 is 11.8 Å². The van der Waals surface area contributed by atoms with Crippen molar-refractivity contribution in [1.82, 2.24) is 5.32 Å². The predicted molar refractivity (Wildman–Crippen MR) is 77.7 cm³/mol. The summed E-state index contributed by atoms with van der Waals surface area (Å²) >= 11 is 1.92. The van der Waals surface area contributed by atoms with Crippen LogP contribution in [-0.2, 0) is 0 Å². The molecule has 3 atom stereocenters. The van der Waals surface area contributed by atoms with E-state index in [0.29, 0.717) is 17.3 Å². The lowest BCUT2D eigenvalue weighted by atomic mass is 9.85. The van der Waals surface area contributed by atoms with E-state index in [-0.39, 0.29) is 0 Å². The van der Waals surface area contributed by atoms with E-state index in [1.807, 2.05) is 11.8 Å². The largest absolute Gasteiger partial charge is 0.362 e. The zero-order valence-electron chi connectivity index (χ0n) is 11.4. The molecule has 2 rings (SSSR count). The maximum absolute atomic E-state index is 4.74. The van der Waals surface area contributed by atoms with Crippen LogP contribution in [0.4, 0.5) is 0 Å². The van der Waals surface area contributed by atoms with Gasteiger partial charge in [-0.25, -0.2) is 0 Å². The van der Waals surface area contributed by atoms with Gasteiger partial charge < -0.3 is 5.32 Å². The van der Waals surface area contributed by atoms with Crippen LogP contribution in [-0.4, -0.2) is 22.5 Å². The Balaban J connectivity index is 1.86. The van der Waals surface area contributed by atoms with E-state index >= 15 is 0 Å². The monoisotopic (exact) mass is 254 g/mol. The van der Waals surface area contributed by atoms with Crippen LogP contribution in [0.15, 0.2) is 4.99 Å². The summed E-state index contributed by atoms with van der Waals surface area (Å²) in [6, 6.07) is 1.09. The van der Waals surface area contributed by atoms with Crippen LogP contribution in [0.25, 0.3) is 0 Å². The molecule has 0 aromatic heterocycles. The third-order valence-corrected chi connectivity index (χ3v) is 5.07. The Morgan fingerprint density at radius 2 is 1.94 bits per heavy atom. The summed E-state index contributed by atoms with van der Waals surface area (Å²) in [6.07, 6.45) is 8.29. The molecule has 3 unspecified atom stereocenters. The van der Waals surface area contributed by atoms with Crippen molar-refractivity contribution in [1.29, 1.82) is 0 Å². The molecule has 0 radical (unpaired) electrons. The summed E-state index contributed by atoms with van der Waals surface area (Å²) in [6.45, 7) is 6.87. The Kier molecular flexibility index (Phi) is 4.78. The predicted octanol–water partition coefficient (Wildman–Crippen LogP) is 3.81. The molecule has 1 heterocycles. The maximum Gasteiger partial charge on any atom is 0.157 e. The minimum atomic E-state index is 0.493. The number of amidine groups is 1. The van der Waals surface area contributed by atoms with Gasteiger partial charge in [0.2, 0.25) is 0 Å². The van der Waals surface area contributed by atoms with Crippen LogP contribution in [0.2, 0.25) is 0 Å². The first-order chi connectivity index (χ1) is 8.15. The fraction of sp³-hybridized carbons (Fsp3) is 0.929. The van der Waals surface area contributed by atoms with Gasteiger partial charge in [-0.2, -0.15) is 0 Å². The molecule has 0 aromatic carbocycles. The van der Waals surface area contributed by atoms with Gasteiger partial charge >= 0.3 is 0 Å². The minimum absolute atomic E-state index is 0.493. The number of aliphatic imine (C=N–C) groups is 1. The van der Waals surface area contributed by atoms with Gasteiger partial charge in [-0.05, 0) is 39.0 Å². The van der Waals surface area contributed by atoms with Crippen molar-refractivity contribution in [2.75, 3.05) is 0 Å². The third kappa shape index (κ3) is 3.90. The number of rotatable bonds is 2. The molecule has 0 bridgehead atoms. The van der Waals surface area contributed by atoms with Gasteiger partial charge in [0.1, 0.15) is 0 Å². The highest BCUT2D eigenvalue weighted by Gasteiger charge is 2.24. The number of hydrogen-bond acceptors (Lipinski definition) is 3. The molecular weight excluding hydrogens is 228 g/mol. The average molecular weight is 254 g/mol. The highest BCUT2D eigenvalue weighted by atomic mass is 32.2. The standard InChI is InChI=1S/C14H26N2S/c1-10-9-11(2)17-14(15-10)16-12(3)13-7-5-4-6-8-13/h10-13H,4-9H2,1-3H3,(H,15,16). The molecule has 1 saturated carbocycles. The Labute approximate surface area is 110 Å². The van der Waals surface area contributed by atoms with Gasteiger partial charge in [-0.3, -0.25) is 4.99 Å². The summed E-state index contributed by atoms with van der Waals surface area (Å²) < 4.78 is 0. The Bertz CT molecular complexity index is 271. The van der Waals surface area contributed by atoms with E-state index in [2.05, 4.69) is 26.1 Å². The molecule has 3 heteroatoms. The Morgan fingerprint density at radius 3 is 2.59 bits per heavy atom. The molecule has 0 spiro atoms. The third-order valence-electron chi connectivity index (χ3n) is 4.03. The smallest absolute Gasteiger partial charge is 0.157 e. The second kappa shape index (κ2) is 6.12. The minimum Gasteiger partial charge on any atom is -0.362 e. The number of thioether (sulfide) groups is 1. The number of hydrogen-bond donors (Lipinski definition) is 1. The lowest BCUT2D eigenvalue weighted by Crippen LogP contribution is -2.40. The van der Waals surface area contributed by atoms with Gasteiger partial charge in [-0.1, -0.05) is 37.9 Å². The molecule has 17 heavy (non-hydrogen) atoms. The second-order valence-corrected chi connectivity index (χ2v) is 7.21. The first-order valence-corrected chi connectivity index (χ1v) is 8.04. The van der Waals surface area contributed by atoms with Crippen LogP contribution in [0.3, 0.4) is 0 Å². The molecule has 1 aliphatic carbocycles. The Morgan fingerprint density at radius 1 is 1.24 bits per heavy atom. The molecule has 98 valence electrons. The SMILES string of the molecule is CC1CC(C)SC(NC(C)C2CCCCC2)=N1. The van der Waals surface area contributed by atoms with Crippen molar-refractivity contribution >= 4 is 16.9 Å². The molecule has 0 aromatic rings. The first-order valence-electron chi connectivity index (χ1n) is 7.16. The van der Waals surface area contributed by atoms with E-state index in [1.165, 1.54) is 43.7 Å². The van der Waals surface area contributed by atoms with Crippen molar-refractivity contribution in [2.24, 2.45) is 10.9 Å². The fourth-order valence-electron chi connectivity index (χ4n) is 3.02. The average Bonchev–Trinajstić information content (AvgIpc) is 2.28. The van der Waals surface area contributed by atoms with Gasteiger partial charge in [-0.15, -0.1) is 0 Å². The van der Waals surface area contributed by atoms with Crippen molar-refractivity contribution in [2.45, 2.75) is 76.6 Å². The topological polar surface area (TPSA) is 24.4 Å². The Hall–Kier alpha value is -0.180. The number of nitrogens with one attached hydrogen (secondary N) is 1. The number of nitrogens with zero attached hydrogens (tertiary/aromatic N) is 1. The maximum atomic E-state index is 4.74. The van der Waals surface area contributed by atoms with Crippen molar-refractivity contribution < 1.29 is 0 Å². The fourth-order valence-corrected chi connectivity index (χ4v) is 4.27. The van der Waals surface area contributed by atoms with Crippen molar-refractivity contribution in [3.63, 3.8) is 0 Å². The lowest BCUT2D eigenvalue weighted by molar-refractivity contribution is 0.302. The zero-order valence-corrected chi connectivity index (χ0v) is 12.2. The molecule has 0 saturated heterocycles. The molecule has 1 fully saturated rings. The summed E-state index contributed by atoms with van der Waals surface area (Å²) in [5, 5.41) is 5.56. The van der Waals surface area contributed by atoms with E-state index in [9.17, 15) is 0 Å². The first kappa shape index (κ1) is 13.3. The summed E-state index contributed by atoms with van der Waals surface area (Å²) in [7, 11) is 0.